The van der Waals surface area contributed by atoms with E-state index >= 15 is 0 Å². The molecule has 0 spiro atoms. The zero-order valence-corrected chi connectivity index (χ0v) is 18.5. The van der Waals surface area contributed by atoms with E-state index in [1.165, 1.54) is 23.5 Å². The summed E-state index contributed by atoms with van der Waals surface area (Å²) in [6.45, 7) is 4.40. The quantitative estimate of drug-likeness (QED) is 0.687. The van der Waals surface area contributed by atoms with Crippen LogP contribution in [0, 0.1) is 5.92 Å². The minimum absolute atomic E-state index is 0.0442. The summed E-state index contributed by atoms with van der Waals surface area (Å²) < 4.78 is 38.1. The summed E-state index contributed by atoms with van der Waals surface area (Å²) in [6.07, 6.45) is -2.96. The first-order valence-corrected chi connectivity index (χ1v) is 11.7. The van der Waals surface area contributed by atoms with Crippen LogP contribution < -0.4 is 0 Å². The van der Waals surface area contributed by atoms with Crippen LogP contribution >= 0.6 is 11.3 Å². The third-order valence-electron chi connectivity index (χ3n) is 6.23. The van der Waals surface area contributed by atoms with Crippen molar-refractivity contribution in [3.8, 4) is 0 Å². The number of likely N-dealkylation sites (tertiary alicyclic amines) is 1. The maximum atomic E-state index is 13.0. The van der Waals surface area contributed by atoms with Gasteiger partial charge in [0.05, 0.1) is 10.4 Å². The first kappa shape index (κ1) is 22.8. The lowest BCUT2D eigenvalue weighted by atomic mass is 9.94. The molecule has 0 N–H and O–H groups in total. The van der Waals surface area contributed by atoms with E-state index in [1.54, 1.807) is 0 Å². The highest BCUT2D eigenvalue weighted by atomic mass is 32.1. The molecule has 1 aromatic carbocycles. The van der Waals surface area contributed by atoms with Gasteiger partial charge in [-0.2, -0.15) is 13.2 Å². The Morgan fingerprint density at radius 2 is 1.56 bits per heavy atom. The predicted molar refractivity (Wildman–Crippen MR) is 116 cm³/mol. The number of benzene rings is 1. The summed E-state index contributed by atoms with van der Waals surface area (Å²) in [6, 6.07) is 8.96. The largest absolute Gasteiger partial charge is 0.416 e. The number of piperidine rings is 1. The molecule has 2 aromatic rings. The summed E-state index contributed by atoms with van der Waals surface area (Å²) >= 11 is 1.44. The number of thiophene rings is 1. The molecule has 0 bridgehead atoms. The van der Waals surface area contributed by atoms with Gasteiger partial charge in [0.1, 0.15) is 0 Å². The van der Waals surface area contributed by atoms with E-state index in [2.05, 4.69) is 4.90 Å². The number of hydrogen-bond donors (Lipinski definition) is 0. The van der Waals surface area contributed by atoms with Crippen LogP contribution in [0.5, 0.6) is 0 Å². The van der Waals surface area contributed by atoms with Crippen molar-refractivity contribution in [3.05, 3.63) is 57.8 Å². The van der Waals surface area contributed by atoms with Gasteiger partial charge in [0.15, 0.2) is 0 Å². The smallest absolute Gasteiger partial charge is 0.340 e. The highest BCUT2D eigenvalue weighted by Gasteiger charge is 2.32. The summed E-state index contributed by atoms with van der Waals surface area (Å²) in [5.41, 5.74) is 0.195. The maximum Gasteiger partial charge on any atom is 0.416 e. The van der Waals surface area contributed by atoms with Crippen LogP contribution in [-0.2, 0) is 17.5 Å². The van der Waals surface area contributed by atoms with Gasteiger partial charge in [-0.3, -0.25) is 14.5 Å². The van der Waals surface area contributed by atoms with Gasteiger partial charge in [-0.05, 0) is 42.0 Å². The molecule has 2 saturated heterocycles. The van der Waals surface area contributed by atoms with Crippen molar-refractivity contribution < 1.29 is 22.8 Å². The minimum Gasteiger partial charge on any atom is -0.340 e. The molecule has 2 aliphatic rings. The van der Waals surface area contributed by atoms with Gasteiger partial charge in [-0.15, -0.1) is 11.3 Å². The fourth-order valence-electron chi connectivity index (χ4n) is 4.33. The molecule has 2 fully saturated rings. The number of halogens is 3. The molecular weight excluding hydrogens is 439 g/mol. The summed E-state index contributed by atoms with van der Waals surface area (Å²) in [7, 11) is 0. The molecule has 1 aromatic heterocycles. The third-order valence-corrected chi connectivity index (χ3v) is 7.09. The van der Waals surface area contributed by atoms with Gasteiger partial charge in [0.2, 0.25) is 5.91 Å². The van der Waals surface area contributed by atoms with E-state index in [0.29, 0.717) is 58.7 Å². The topological polar surface area (TPSA) is 43.9 Å². The minimum atomic E-state index is -4.32. The molecule has 9 heteroatoms. The fraction of sp³-hybridized carbons (Fsp3) is 0.478. The molecule has 0 aliphatic carbocycles. The third kappa shape index (κ3) is 5.32. The van der Waals surface area contributed by atoms with E-state index in [9.17, 15) is 22.8 Å². The van der Waals surface area contributed by atoms with Gasteiger partial charge < -0.3 is 9.80 Å². The molecule has 3 heterocycles. The van der Waals surface area contributed by atoms with Gasteiger partial charge in [-0.1, -0.05) is 18.2 Å². The van der Waals surface area contributed by atoms with E-state index in [1.807, 2.05) is 27.3 Å². The van der Waals surface area contributed by atoms with Gasteiger partial charge >= 0.3 is 6.18 Å². The van der Waals surface area contributed by atoms with Crippen LogP contribution in [0.1, 0.15) is 33.6 Å². The second kappa shape index (κ2) is 9.62. The molecule has 32 heavy (non-hydrogen) atoms. The van der Waals surface area contributed by atoms with E-state index in [4.69, 9.17) is 0 Å². The van der Waals surface area contributed by atoms with Crippen molar-refractivity contribution in [2.24, 2.45) is 5.92 Å². The molecule has 0 unspecified atom stereocenters. The van der Waals surface area contributed by atoms with E-state index in [0.717, 1.165) is 22.6 Å². The second-order valence-electron chi connectivity index (χ2n) is 8.34. The van der Waals surface area contributed by atoms with E-state index < -0.39 is 11.7 Å². The van der Waals surface area contributed by atoms with Crippen molar-refractivity contribution in [1.82, 2.24) is 14.7 Å². The molecule has 0 atom stereocenters. The Kier molecular flexibility index (Phi) is 6.85. The molecule has 4 rings (SSSR count). The molecule has 0 saturated carbocycles. The first-order valence-electron chi connectivity index (χ1n) is 10.8. The van der Waals surface area contributed by atoms with Crippen LogP contribution in [0.3, 0.4) is 0 Å². The van der Waals surface area contributed by atoms with Crippen molar-refractivity contribution >= 4 is 23.2 Å². The zero-order chi connectivity index (χ0) is 22.7. The predicted octanol–water partition coefficient (Wildman–Crippen LogP) is 3.96. The SMILES string of the molecule is O=C(c1cccs1)N1CCC(C(=O)N2CCN(Cc3ccc(C(F)(F)F)cc3)CC2)CC1. The lowest BCUT2D eigenvalue weighted by molar-refractivity contribution is -0.139. The summed E-state index contributed by atoms with van der Waals surface area (Å²) in [5, 5.41) is 1.89. The van der Waals surface area contributed by atoms with Crippen LogP contribution in [0.4, 0.5) is 13.2 Å². The van der Waals surface area contributed by atoms with Gasteiger partial charge in [0.25, 0.3) is 5.91 Å². The van der Waals surface area contributed by atoms with E-state index in [-0.39, 0.29) is 17.7 Å². The number of rotatable bonds is 4. The Morgan fingerprint density at radius 3 is 2.12 bits per heavy atom. The maximum absolute atomic E-state index is 13.0. The number of hydrogen-bond acceptors (Lipinski definition) is 4. The second-order valence-corrected chi connectivity index (χ2v) is 9.29. The van der Waals surface area contributed by atoms with Gasteiger partial charge in [-0.25, -0.2) is 0 Å². The van der Waals surface area contributed by atoms with Crippen molar-refractivity contribution in [1.29, 1.82) is 0 Å². The summed E-state index contributed by atoms with van der Waals surface area (Å²) in [5.74, 6) is 0.147. The molecule has 5 nitrogen and oxygen atoms in total. The lowest BCUT2D eigenvalue weighted by Crippen LogP contribution is -2.51. The van der Waals surface area contributed by atoms with Crippen LogP contribution in [0.25, 0.3) is 0 Å². The Labute approximate surface area is 189 Å². The number of carbonyl (C=O) groups excluding carboxylic acids is 2. The number of carbonyl (C=O) groups is 2. The van der Waals surface area contributed by atoms with Crippen molar-refractivity contribution in [2.75, 3.05) is 39.3 Å². The Morgan fingerprint density at radius 1 is 0.906 bits per heavy atom. The molecule has 2 amide bonds. The molecular formula is C23H26F3N3O2S. The lowest BCUT2D eigenvalue weighted by Gasteiger charge is -2.38. The average molecular weight is 466 g/mol. The Hall–Kier alpha value is -2.39. The van der Waals surface area contributed by atoms with Crippen LogP contribution in [0.15, 0.2) is 41.8 Å². The van der Waals surface area contributed by atoms with Crippen molar-refractivity contribution in [3.63, 3.8) is 0 Å². The number of alkyl halides is 3. The monoisotopic (exact) mass is 465 g/mol. The highest BCUT2D eigenvalue weighted by molar-refractivity contribution is 7.12. The normalized spacial score (nSPS) is 18.7. The van der Waals surface area contributed by atoms with Crippen LogP contribution in [-0.4, -0.2) is 65.8 Å². The molecule has 2 aliphatic heterocycles. The molecule has 172 valence electrons. The van der Waals surface area contributed by atoms with Gasteiger partial charge in [0, 0.05) is 51.7 Å². The average Bonchev–Trinajstić information content (AvgIpc) is 3.34. The Balaban J connectivity index is 1.22. The fourth-order valence-corrected chi connectivity index (χ4v) is 5.02. The number of nitrogens with zero attached hydrogens (tertiary/aromatic N) is 3. The number of amides is 2. The molecule has 0 radical (unpaired) electrons. The first-order chi connectivity index (χ1) is 15.3. The zero-order valence-electron chi connectivity index (χ0n) is 17.7. The number of piperazine rings is 1. The van der Waals surface area contributed by atoms with Crippen LogP contribution in [0.2, 0.25) is 0 Å². The Bertz CT molecular complexity index is 915. The highest BCUT2D eigenvalue weighted by Crippen LogP contribution is 2.29. The van der Waals surface area contributed by atoms with Crippen molar-refractivity contribution in [2.45, 2.75) is 25.6 Å². The summed E-state index contributed by atoms with van der Waals surface area (Å²) in [4.78, 5) is 32.0. The standard InChI is InChI=1S/C23H26F3N3O2S/c24-23(25,26)19-5-3-17(4-6-19)16-27-11-13-29(14-12-27)21(30)18-7-9-28(10-8-18)22(31)20-2-1-15-32-20/h1-6,15,18H,7-14,16H2.